The zero-order chi connectivity index (χ0) is 23.8. The van der Waals surface area contributed by atoms with Gasteiger partial charge in [0.15, 0.2) is 21.3 Å². The van der Waals surface area contributed by atoms with E-state index in [4.69, 9.17) is 26.6 Å². The molecule has 0 atom stereocenters. The summed E-state index contributed by atoms with van der Waals surface area (Å²) < 4.78 is 52.9. The van der Waals surface area contributed by atoms with Gasteiger partial charge in [-0.3, -0.25) is 0 Å². The first-order valence-corrected chi connectivity index (χ1v) is 12.4. The van der Waals surface area contributed by atoms with Crippen molar-refractivity contribution in [2.45, 2.75) is 30.8 Å². The van der Waals surface area contributed by atoms with E-state index in [2.05, 4.69) is 20.2 Å². The molecule has 0 spiro atoms. The average Bonchev–Trinajstić information content (AvgIpc) is 3.16. The molecule has 0 unspecified atom stereocenters. The molecular formula is C16H19ClN8O5S2. The van der Waals surface area contributed by atoms with Crippen LogP contribution in [0.5, 0.6) is 5.88 Å². The number of rotatable bonds is 4. The Balaban J connectivity index is 0.000000182. The molecule has 0 saturated carbocycles. The number of fused-ring (bicyclic) bond motifs is 2. The fraction of sp³-hybridized carbons (Fsp3) is 0.250. The Morgan fingerprint density at radius 2 is 1.34 bits per heavy atom. The molecule has 13 nitrogen and oxygen atoms in total. The maximum Gasteiger partial charge on any atom is 0.257 e. The summed E-state index contributed by atoms with van der Waals surface area (Å²) in [5.74, 6) is 0.322. The third-order valence-electron chi connectivity index (χ3n) is 3.97. The fourth-order valence-electron chi connectivity index (χ4n) is 2.89. The second-order valence-corrected chi connectivity index (χ2v) is 9.74. The lowest BCUT2D eigenvalue weighted by Gasteiger charge is -2.03. The molecule has 4 rings (SSSR count). The fourth-order valence-corrected chi connectivity index (χ4v) is 4.69. The second-order valence-electron chi connectivity index (χ2n) is 6.40. The maximum absolute atomic E-state index is 11.4. The summed E-state index contributed by atoms with van der Waals surface area (Å²) in [4.78, 5) is 8.07. The second kappa shape index (κ2) is 8.59. The Labute approximate surface area is 188 Å². The quantitative estimate of drug-likeness (QED) is 0.398. The molecule has 4 N–H and O–H groups in total. The van der Waals surface area contributed by atoms with Crippen molar-refractivity contribution in [3.63, 3.8) is 0 Å². The molecule has 0 aromatic carbocycles. The number of aryl methyl sites for hydroxylation is 2. The monoisotopic (exact) mass is 502 g/mol. The molecule has 172 valence electrons. The maximum atomic E-state index is 11.4. The van der Waals surface area contributed by atoms with Crippen molar-refractivity contribution in [1.82, 2.24) is 29.2 Å². The first-order chi connectivity index (χ1) is 14.8. The summed E-state index contributed by atoms with van der Waals surface area (Å²) in [5.41, 5.74) is 1.41. The van der Waals surface area contributed by atoms with Crippen LogP contribution in [0.25, 0.3) is 11.3 Å². The third kappa shape index (κ3) is 4.81. The summed E-state index contributed by atoms with van der Waals surface area (Å²) >= 11 is 5.65. The van der Waals surface area contributed by atoms with Gasteiger partial charge in [-0.15, -0.1) is 5.10 Å². The summed E-state index contributed by atoms with van der Waals surface area (Å²) in [6.45, 7) is 5.36. The van der Waals surface area contributed by atoms with Crippen molar-refractivity contribution < 1.29 is 21.6 Å². The van der Waals surface area contributed by atoms with Crippen LogP contribution in [-0.2, 0) is 20.0 Å². The van der Waals surface area contributed by atoms with Crippen LogP contribution in [0.15, 0.2) is 34.3 Å². The van der Waals surface area contributed by atoms with Crippen molar-refractivity contribution in [3.8, 4) is 5.88 Å². The van der Waals surface area contributed by atoms with E-state index < -0.39 is 20.0 Å². The van der Waals surface area contributed by atoms with Crippen LogP contribution in [0.3, 0.4) is 0 Å². The van der Waals surface area contributed by atoms with Crippen LogP contribution >= 0.6 is 11.6 Å². The van der Waals surface area contributed by atoms with Gasteiger partial charge in [-0.25, -0.2) is 37.1 Å². The van der Waals surface area contributed by atoms with E-state index >= 15 is 0 Å². The number of primary sulfonamides is 2. The van der Waals surface area contributed by atoms with Crippen LogP contribution in [0.2, 0.25) is 5.15 Å². The normalized spacial score (nSPS) is 12.1. The zero-order valence-electron chi connectivity index (χ0n) is 17.1. The molecule has 16 heteroatoms. The van der Waals surface area contributed by atoms with E-state index in [9.17, 15) is 16.8 Å². The molecule has 4 aromatic heterocycles. The molecule has 32 heavy (non-hydrogen) atoms. The van der Waals surface area contributed by atoms with Crippen molar-refractivity contribution in [3.05, 3.63) is 40.8 Å². The SMILES string of the molecule is CCOc1ccc2nc(C)c(S(N)(=O)=O)n2n1.Cc1nc2ccc(Cl)nn2c1S(N)(=O)=O. The topological polar surface area (TPSA) is 190 Å². The molecule has 0 amide bonds. The molecule has 0 radical (unpaired) electrons. The lowest BCUT2D eigenvalue weighted by molar-refractivity contribution is 0.320. The zero-order valence-corrected chi connectivity index (χ0v) is 19.5. The lowest BCUT2D eigenvalue weighted by atomic mass is 10.5. The van der Waals surface area contributed by atoms with Crippen LogP contribution in [0, 0.1) is 13.8 Å². The number of hydrogen-bond donors (Lipinski definition) is 2. The number of hydrogen-bond acceptors (Lipinski definition) is 9. The van der Waals surface area contributed by atoms with Gasteiger partial charge in [-0.1, -0.05) is 11.6 Å². The standard InChI is InChI=1S/C9H12N4O3S.C7H7ClN4O2S/c1-3-16-8-5-4-7-11-6(2)9(13(7)12-8)17(10,14)15;1-4-7(15(9,13)14)12-6(10-4)3-2-5(8)11-12/h4-5H,3H2,1-2H3,(H2,10,14,15);2-3H,1H3,(H2,9,13,14). The van der Waals surface area contributed by atoms with Crippen LogP contribution in [0.4, 0.5) is 0 Å². The minimum Gasteiger partial charge on any atom is -0.477 e. The van der Waals surface area contributed by atoms with Crippen LogP contribution in [-0.4, -0.2) is 52.6 Å². The Hall–Kier alpha value is -2.85. The first kappa shape index (κ1) is 23.8. The van der Waals surface area contributed by atoms with Crippen molar-refractivity contribution in [2.75, 3.05) is 6.61 Å². The third-order valence-corrected chi connectivity index (χ3v) is 6.19. The Kier molecular flexibility index (Phi) is 6.39. The van der Waals surface area contributed by atoms with Gasteiger partial charge in [0, 0.05) is 6.07 Å². The molecule has 0 bridgehead atoms. The number of aromatic nitrogens is 6. The van der Waals surface area contributed by atoms with Crippen LogP contribution in [0.1, 0.15) is 18.3 Å². The molecule has 0 saturated heterocycles. The molecular weight excluding hydrogens is 484 g/mol. The smallest absolute Gasteiger partial charge is 0.257 e. The summed E-state index contributed by atoms with van der Waals surface area (Å²) in [6.07, 6.45) is 0. The predicted octanol–water partition coefficient (Wildman–Crippen LogP) is 0.422. The first-order valence-electron chi connectivity index (χ1n) is 8.89. The Bertz CT molecular complexity index is 1530. The number of sulfonamides is 2. The number of ether oxygens (including phenoxy) is 1. The van der Waals surface area contributed by atoms with Gasteiger partial charge < -0.3 is 4.74 Å². The molecule has 0 aliphatic carbocycles. The van der Waals surface area contributed by atoms with E-state index in [0.717, 1.165) is 4.52 Å². The van der Waals surface area contributed by atoms with Gasteiger partial charge in [0.1, 0.15) is 5.15 Å². The van der Waals surface area contributed by atoms with E-state index in [0.29, 0.717) is 35.2 Å². The minimum absolute atomic E-state index is 0.117. The summed E-state index contributed by atoms with van der Waals surface area (Å²) in [5, 5.41) is 17.9. The van der Waals surface area contributed by atoms with Gasteiger partial charge in [-0.2, -0.15) is 14.1 Å². The average molecular weight is 503 g/mol. The van der Waals surface area contributed by atoms with E-state index in [1.165, 1.54) is 10.6 Å². The van der Waals surface area contributed by atoms with E-state index in [1.54, 1.807) is 32.0 Å². The highest BCUT2D eigenvalue weighted by Gasteiger charge is 2.21. The van der Waals surface area contributed by atoms with E-state index in [-0.39, 0.29) is 15.2 Å². The Morgan fingerprint density at radius 3 is 1.81 bits per heavy atom. The molecule has 0 fully saturated rings. The van der Waals surface area contributed by atoms with Gasteiger partial charge in [0.05, 0.1) is 18.0 Å². The number of nitrogens with two attached hydrogens (primary N) is 2. The molecule has 4 aromatic rings. The number of halogens is 1. The van der Waals surface area contributed by atoms with Gasteiger partial charge >= 0.3 is 0 Å². The predicted molar refractivity (Wildman–Crippen MR) is 114 cm³/mol. The summed E-state index contributed by atoms with van der Waals surface area (Å²) in [6, 6.07) is 6.34. The van der Waals surface area contributed by atoms with Crippen molar-refractivity contribution in [1.29, 1.82) is 0 Å². The van der Waals surface area contributed by atoms with Gasteiger partial charge in [0.25, 0.3) is 20.0 Å². The number of imidazole rings is 2. The van der Waals surface area contributed by atoms with E-state index in [1.807, 2.05) is 6.92 Å². The van der Waals surface area contributed by atoms with Crippen molar-refractivity contribution >= 4 is 42.9 Å². The van der Waals surface area contributed by atoms with Gasteiger partial charge in [0.2, 0.25) is 5.88 Å². The number of nitrogens with zero attached hydrogens (tertiary/aromatic N) is 6. The minimum atomic E-state index is -3.87. The van der Waals surface area contributed by atoms with Crippen molar-refractivity contribution in [2.24, 2.45) is 10.3 Å². The summed E-state index contributed by atoms with van der Waals surface area (Å²) in [7, 11) is -7.72. The highest BCUT2D eigenvalue weighted by atomic mass is 35.5. The lowest BCUT2D eigenvalue weighted by Crippen LogP contribution is -2.17. The molecule has 0 aliphatic rings. The Morgan fingerprint density at radius 1 is 0.875 bits per heavy atom. The molecule has 0 aliphatic heterocycles. The van der Waals surface area contributed by atoms with Gasteiger partial charge in [-0.05, 0) is 39.0 Å². The molecule has 4 heterocycles. The largest absolute Gasteiger partial charge is 0.477 e. The highest BCUT2D eigenvalue weighted by Crippen LogP contribution is 2.18. The highest BCUT2D eigenvalue weighted by molar-refractivity contribution is 7.89. The van der Waals surface area contributed by atoms with Crippen LogP contribution < -0.4 is 15.0 Å².